The zero-order valence-electron chi connectivity index (χ0n) is 10.3. The van der Waals surface area contributed by atoms with Crippen LogP contribution in [0.2, 0.25) is 0 Å². The SMILES string of the molecule is Cc1c([N+](=O)[O-])cccc1S(=O)(=O)N1CC[C@@H](O)C1. The van der Waals surface area contributed by atoms with E-state index in [1.807, 2.05) is 0 Å². The number of β-amino-alcohol motifs (C(OH)–C–C–N with tert-alkyl or cyclic N) is 1. The third kappa shape index (κ3) is 2.46. The second-order valence-electron chi connectivity index (χ2n) is 4.46. The van der Waals surface area contributed by atoms with Crippen molar-refractivity contribution < 1.29 is 18.4 Å². The molecule has 0 bridgehead atoms. The monoisotopic (exact) mass is 286 g/mol. The average Bonchev–Trinajstić information content (AvgIpc) is 2.76. The number of aliphatic hydroxyl groups is 1. The van der Waals surface area contributed by atoms with Gasteiger partial charge in [-0.3, -0.25) is 10.1 Å². The summed E-state index contributed by atoms with van der Waals surface area (Å²) in [5.74, 6) is 0. The van der Waals surface area contributed by atoms with Crippen LogP contribution in [0, 0.1) is 17.0 Å². The molecule has 1 saturated heterocycles. The molecule has 1 atom stereocenters. The maximum Gasteiger partial charge on any atom is 0.273 e. The number of nitrogens with zero attached hydrogens (tertiary/aromatic N) is 2. The van der Waals surface area contributed by atoms with E-state index < -0.39 is 21.1 Å². The minimum atomic E-state index is -3.79. The van der Waals surface area contributed by atoms with Gasteiger partial charge >= 0.3 is 0 Å². The number of rotatable bonds is 3. The summed E-state index contributed by atoms with van der Waals surface area (Å²) in [4.78, 5) is 10.2. The van der Waals surface area contributed by atoms with Crippen LogP contribution in [0.15, 0.2) is 23.1 Å². The quantitative estimate of drug-likeness (QED) is 0.649. The highest BCUT2D eigenvalue weighted by Gasteiger charge is 2.33. The van der Waals surface area contributed by atoms with Gasteiger partial charge in [-0.2, -0.15) is 4.31 Å². The first-order valence-electron chi connectivity index (χ1n) is 5.76. The van der Waals surface area contributed by atoms with E-state index >= 15 is 0 Å². The average molecular weight is 286 g/mol. The van der Waals surface area contributed by atoms with Gasteiger partial charge in [-0.05, 0) is 19.4 Å². The Morgan fingerprint density at radius 2 is 2.16 bits per heavy atom. The predicted octanol–water partition coefficient (Wildman–Crippen LogP) is 0.659. The van der Waals surface area contributed by atoms with Crippen LogP contribution >= 0.6 is 0 Å². The molecule has 1 aromatic rings. The van der Waals surface area contributed by atoms with E-state index in [2.05, 4.69) is 0 Å². The van der Waals surface area contributed by atoms with Gasteiger partial charge in [-0.1, -0.05) is 6.07 Å². The van der Waals surface area contributed by atoms with Crippen LogP contribution < -0.4 is 0 Å². The van der Waals surface area contributed by atoms with Crippen molar-refractivity contribution in [1.82, 2.24) is 4.31 Å². The Morgan fingerprint density at radius 3 is 2.68 bits per heavy atom. The lowest BCUT2D eigenvalue weighted by atomic mass is 10.2. The van der Waals surface area contributed by atoms with Gasteiger partial charge in [0.15, 0.2) is 0 Å². The number of aliphatic hydroxyl groups excluding tert-OH is 1. The Labute approximate surface area is 110 Å². The van der Waals surface area contributed by atoms with E-state index in [0.29, 0.717) is 6.42 Å². The fraction of sp³-hybridized carbons (Fsp3) is 0.455. The van der Waals surface area contributed by atoms with Crippen LogP contribution in [0.3, 0.4) is 0 Å². The fourth-order valence-corrected chi connectivity index (χ4v) is 3.88. The van der Waals surface area contributed by atoms with Crippen molar-refractivity contribution in [2.24, 2.45) is 0 Å². The summed E-state index contributed by atoms with van der Waals surface area (Å²) < 4.78 is 25.9. The van der Waals surface area contributed by atoms with Crippen LogP contribution in [-0.4, -0.2) is 41.9 Å². The lowest BCUT2D eigenvalue weighted by Crippen LogP contribution is -2.30. The molecular weight excluding hydrogens is 272 g/mol. The lowest BCUT2D eigenvalue weighted by molar-refractivity contribution is -0.385. The first kappa shape index (κ1) is 13.9. The molecule has 1 N–H and O–H groups in total. The van der Waals surface area contributed by atoms with Gasteiger partial charge in [0.2, 0.25) is 10.0 Å². The molecule has 1 aliphatic rings. The van der Waals surface area contributed by atoms with E-state index in [4.69, 9.17) is 0 Å². The van der Waals surface area contributed by atoms with Crippen molar-refractivity contribution in [3.05, 3.63) is 33.9 Å². The number of sulfonamides is 1. The van der Waals surface area contributed by atoms with Crippen molar-refractivity contribution in [2.75, 3.05) is 13.1 Å². The minimum absolute atomic E-state index is 0.0322. The molecule has 1 heterocycles. The molecule has 0 aliphatic carbocycles. The molecule has 7 nitrogen and oxygen atoms in total. The summed E-state index contributed by atoms with van der Waals surface area (Å²) >= 11 is 0. The van der Waals surface area contributed by atoms with Crippen LogP contribution in [-0.2, 0) is 10.0 Å². The third-order valence-corrected chi connectivity index (χ3v) is 5.21. The normalized spacial score (nSPS) is 20.6. The fourth-order valence-electron chi connectivity index (χ4n) is 2.15. The highest BCUT2D eigenvalue weighted by Crippen LogP contribution is 2.28. The highest BCUT2D eigenvalue weighted by molar-refractivity contribution is 7.89. The number of nitro benzene ring substituents is 1. The molecular formula is C11H14N2O5S. The molecule has 19 heavy (non-hydrogen) atoms. The molecule has 0 amide bonds. The first-order valence-corrected chi connectivity index (χ1v) is 7.20. The summed E-state index contributed by atoms with van der Waals surface area (Å²) in [5, 5.41) is 20.2. The van der Waals surface area contributed by atoms with Gasteiger partial charge in [-0.25, -0.2) is 8.42 Å². The predicted molar refractivity (Wildman–Crippen MR) is 67.2 cm³/mol. The molecule has 0 saturated carbocycles. The van der Waals surface area contributed by atoms with Crippen molar-refractivity contribution >= 4 is 15.7 Å². The summed E-state index contributed by atoms with van der Waals surface area (Å²) in [5.41, 5.74) is -0.102. The van der Waals surface area contributed by atoms with Gasteiger partial charge < -0.3 is 5.11 Å². The Balaban J connectivity index is 2.47. The van der Waals surface area contributed by atoms with E-state index in [1.165, 1.54) is 25.1 Å². The van der Waals surface area contributed by atoms with Crippen molar-refractivity contribution in [2.45, 2.75) is 24.3 Å². The Bertz CT molecular complexity index is 614. The molecule has 0 unspecified atom stereocenters. The zero-order valence-corrected chi connectivity index (χ0v) is 11.1. The largest absolute Gasteiger partial charge is 0.392 e. The maximum atomic E-state index is 12.4. The van der Waals surface area contributed by atoms with Crippen molar-refractivity contribution in [3.63, 3.8) is 0 Å². The Kier molecular flexibility index (Phi) is 3.57. The molecule has 1 aliphatic heterocycles. The van der Waals surface area contributed by atoms with Gasteiger partial charge in [0, 0.05) is 24.7 Å². The minimum Gasteiger partial charge on any atom is -0.392 e. The number of hydrogen-bond acceptors (Lipinski definition) is 5. The van der Waals surface area contributed by atoms with Crippen LogP contribution in [0.4, 0.5) is 5.69 Å². The second-order valence-corrected chi connectivity index (χ2v) is 6.37. The molecule has 0 radical (unpaired) electrons. The zero-order chi connectivity index (χ0) is 14.2. The summed E-state index contributed by atoms with van der Waals surface area (Å²) in [6.45, 7) is 1.67. The van der Waals surface area contributed by atoms with Crippen molar-refractivity contribution in [1.29, 1.82) is 0 Å². The smallest absolute Gasteiger partial charge is 0.273 e. The molecule has 0 spiro atoms. The molecule has 1 fully saturated rings. The van der Waals surface area contributed by atoms with Crippen molar-refractivity contribution in [3.8, 4) is 0 Å². The molecule has 2 rings (SSSR count). The number of hydrogen-bond donors (Lipinski definition) is 1. The van der Waals surface area contributed by atoms with Crippen LogP contribution in [0.5, 0.6) is 0 Å². The summed E-state index contributed by atoms with van der Waals surface area (Å²) in [6, 6.07) is 3.97. The third-order valence-electron chi connectivity index (χ3n) is 3.20. The van der Waals surface area contributed by atoms with Gasteiger partial charge in [-0.15, -0.1) is 0 Å². The van der Waals surface area contributed by atoms with E-state index in [0.717, 1.165) is 4.31 Å². The van der Waals surface area contributed by atoms with Gasteiger partial charge in [0.25, 0.3) is 5.69 Å². The second kappa shape index (κ2) is 4.87. The summed E-state index contributed by atoms with van der Waals surface area (Å²) in [7, 11) is -3.79. The van der Waals surface area contributed by atoms with Crippen LogP contribution in [0.25, 0.3) is 0 Å². The Morgan fingerprint density at radius 1 is 1.47 bits per heavy atom. The number of nitro groups is 1. The molecule has 1 aromatic carbocycles. The lowest BCUT2D eigenvalue weighted by Gasteiger charge is -2.17. The standard InChI is InChI=1S/C11H14N2O5S/c1-8-10(13(15)16)3-2-4-11(8)19(17,18)12-6-5-9(14)7-12/h2-4,9,14H,5-7H2,1H3/t9-/m1/s1. The van der Waals surface area contributed by atoms with Gasteiger partial charge in [0.05, 0.1) is 15.9 Å². The molecule has 0 aromatic heterocycles. The highest BCUT2D eigenvalue weighted by atomic mass is 32.2. The maximum absolute atomic E-state index is 12.4. The van der Waals surface area contributed by atoms with Crippen LogP contribution in [0.1, 0.15) is 12.0 Å². The van der Waals surface area contributed by atoms with E-state index in [9.17, 15) is 23.6 Å². The van der Waals surface area contributed by atoms with E-state index in [1.54, 1.807) is 0 Å². The molecule has 104 valence electrons. The Hall–Kier alpha value is -1.51. The molecule has 8 heteroatoms. The van der Waals surface area contributed by atoms with E-state index in [-0.39, 0.29) is 29.2 Å². The van der Waals surface area contributed by atoms with Gasteiger partial charge in [0.1, 0.15) is 0 Å². The topological polar surface area (TPSA) is 101 Å². The first-order chi connectivity index (χ1) is 8.84. The number of benzene rings is 1. The summed E-state index contributed by atoms with van der Waals surface area (Å²) in [6.07, 6.45) is -0.290.